The zero-order chi connectivity index (χ0) is 14.4. The summed E-state index contributed by atoms with van der Waals surface area (Å²) in [4.78, 5) is 21.4. The standard InChI is InChI=1S/C14H18FNO3/c1-9-11(5-3-4-6-14(18)19)7-12(8-13(9)15)16-10(2)17/h7-8H,3-6H2,1-2H3,(H,16,17)(H,18,19). The lowest BCUT2D eigenvalue weighted by Gasteiger charge is -2.10. The van der Waals surface area contributed by atoms with Crippen molar-refractivity contribution in [2.24, 2.45) is 0 Å². The molecule has 0 aliphatic rings. The number of carboxylic acids is 1. The van der Waals surface area contributed by atoms with E-state index in [1.807, 2.05) is 0 Å². The van der Waals surface area contributed by atoms with Gasteiger partial charge in [0.05, 0.1) is 0 Å². The lowest BCUT2D eigenvalue weighted by Crippen LogP contribution is -2.07. The van der Waals surface area contributed by atoms with E-state index in [1.54, 1.807) is 13.0 Å². The van der Waals surface area contributed by atoms with Crippen molar-refractivity contribution in [3.63, 3.8) is 0 Å². The van der Waals surface area contributed by atoms with Gasteiger partial charge in [0.25, 0.3) is 0 Å². The number of halogens is 1. The first-order chi connectivity index (χ1) is 8.90. The molecule has 1 rings (SSSR count). The van der Waals surface area contributed by atoms with Crippen molar-refractivity contribution in [1.29, 1.82) is 0 Å². The Labute approximate surface area is 111 Å². The highest BCUT2D eigenvalue weighted by molar-refractivity contribution is 5.88. The Morgan fingerprint density at radius 3 is 2.58 bits per heavy atom. The van der Waals surface area contributed by atoms with E-state index in [1.165, 1.54) is 13.0 Å². The summed E-state index contributed by atoms with van der Waals surface area (Å²) >= 11 is 0. The SMILES string of the molecule is CC(=O)Nc1cc(F)c(C)c(CCCCC(=O)O)c1. The van der Waals surface area contributed by atoms with Crippen LogP contribution in [0.15, 0.2) is 12.1 Å². The molecular weight excluding hydrogens is 249 g/mol. The van der Waals surface area contributed by atoms with Gasteiger partial charge in [-0.25, -0.2) is 4.39 Å². The number of rotatable bonds is 6. The zero-order valence-corrected chi connectivity index (χ0v) is 11.1. The molecule has 0 saturated heterocycles. The maximum atomic E-state index is 13.7. The van der Waals surface area contributed by atoms with Crippen LogP contribution >= 0.6 is 0 Å². The fraction of sp³-hybridized carbons (Fsp3) is 0.429. The summed E-state index contributed by atoms with van der Waals surface area (Å²) < 4.78 is 13.7. The molecule has 1 aromatic rings. The molecule has 0 spiro atoms. The largest absolute Gasteiger partial charge is 0.481 e. The van der Waals surface area contributed by atoms with Gasteiger partial charge in [0, 0.05) is 19.0 Å². The average molecular weight is 267 g/mol. The monoisotopic (exact) mass is 267 g/mol. The number of carbonyl (C=O) groups excluding carboxylic acids is 1. The highest BCUT2D eigenvalue weighted by Gasteiger charge is 2.08. The van der Waals surface area contributed by atoms with Crippen LogP contribution in [0.25, 0.3) is 0 Å². The third kappa shape index (κ3) is 5.07. The predicted octanol–water partition coefficient (Wildman–Crippen LogP) is 2.89. The quantitative estimate of drug-likeness (QED) is 0.779. The zero-order valence-electron chi connectivity index (χ0n) is 11.1. The number of benzene rings is 1. The minimum absolute atomic E-state index is 0.118. The van der Waals surface area contributed by atoms with Gasteiger partial charge in [-0.05, 0) is 49.4 Å². The number of hydrogen-bond acceptors (Lipinski definition) is 2. The summed E-state index contributed by atoms with van der Waals surface area (Å²) in [5, 5.41) is 11.1. The van der Waals surface area contributed by atoms with Crippen molar-refractivity contribution in [2.75, 3.05) is 5.32 Å². The van der Waals surface area contributed by atoms with E-state index in [-0.39, 0.29) is 18.1 Å². The molecule has 0 aliphatic heterocycles. The van der Waals surface area contributed by atoms with Crippen LogP contribution in [0, 0.1) is 12.7 Å². The molecule has 19 heavy (non-hydrogen) atoms. The molecule has 0 aromatic heterocycles. The van der Waals surface area contributed by atoms with Crippen LogP contribution in [0.4, 0.5) is 10.1 Å². The molecule has 5 heteroatoms. The molecule has 1 aromatic carbocycles. The van der Waals surface area contributed by atoms with Gasteiger partial charge >= 0.3 is 5.97 Å². The van der Waals surface area contributed by atoms with Crippen molar-refractivity contribution in [2.45, 2.75) is 39.5 Å². The number of nitrogens with one attached hydrogen (secondary N) is 1. The van der Waals surface area contributed by atoms with Crippen molar-refractivity contribution < 1.29 is 19.1 Å². The van der Waals surface area contributed by atoms with Crippen molar-refractivity contribution in [3.05, 3.63) is 29.1 Å². The minimum atomic E-state index is -0.824. The van der Waals surface area contributed by atoms with Gasteiger partial charge in [0.1, 0.15) is 5.82 Å². The summed E-state index contributed by atoms with van der Waals surface area (Å²) in [5.74, 6) is -1.44. The second kappa shape index (κ2) is 6.87. The Bertz CT molecular complexity index is 486. The molecule has 0 atom stereocenters. The van der Waals surface area contributed by atoms with E-state index in [0.29, 0.717) is 30.5 Å². The Kier molecular flexibility index (Phi) is 5.48. The highest BCUT2D eigenvalue weighted by atomic mass is 19.1. The number of carbonyl (C=O) groups is 2. The Balaban J connectivity index is 2.72. The van der Waals surface area contributed by atoms with Gasteiger partial charge in [-0.2, -0.15) is 0 Å². The van der Waals surface area contributed by atoms with E-state index in [4.69, 9.17) is 5.11 Å². The van der Waals surface area contributed by atoms with Crippen LogP contribution in [-0.4, -0.2) is 17.0 Å². The number of carboxylic acid groups (broad SMARTS) is 1. The molecule has 104 valence electrons. The fourth-order valence-electron chi connectivity index (χ4n) is 1.86. The first-order valence-corrected chi connectivity index (χ1v) is 6.18. The lowest BCUT2D eigenvalue weighted by molar-refractivity contribution is -0.137. The fourth-order valence-corrected chi connectivity index (χ4v) is 1.86. The molecular formula is C14H18FNO3. The smallest absolute Gasteiger partial charge is 0.303 e. The predicted molar refractivity (Wildman–Crippen MR) is 70.6 cm³/mol. The van der Waals surface area contributed by atoms with Gasteiger partial charge in [-0.15, -0.1) is 0 Å². The number of unbranched alkanes of at least 4 members (excludes halogenated alkanes) is 1. The summed E-state index contributed by atoms with van der Waals surface area (Å²) in [5.41, 5.74) is 1.78. The van der Waals surface area contributed by atoms with Crippen LogP contribution in [0.2, 0.25) is 0 Å². The molecule has 1 amide bonds. The Morgan fingerprint density at radius 1 is 1.32 bits per heavy atom. The summed E-state index contributed by atoms with van der Waals surface area (Å²) in [6.45, 7) is 3.05. The van der Waals surface area contributed by atoms with E-state index in [2.05, 4.69) is 5.32 Å². The summed E-state index contributed by atoms with van der Waals surface area (Å²) in [6.07, 6.45) is 1.95. The highest BCUT2D eigenvalue weighted by Crippen LogP contribution is 2.21. The molecule has 2 N–H and O–H groups in total. The third-order valence-electron chi connectivity index (χ3n) is 2.86. The molecule has 0 radical (unpaired) electrons. The molecule has 4 nitrogen and oxygen atoms in total. The Hall–Kier alpha value is -1.91. The number of aliphatic carboxylic acids is 1. The van der Waals surface area contributed by atoms with Crippen molar-refractivity contribution in [3.8, 4) is 0 Å². The minimum Gasteiger partial charge on any atom is -0.481 e. The molecule has 0 bridgehead atoms. The maximum Gasteiger partial charge on any atom is 0.303 e. The van der Waals surface area contributed by atoms with Crippen LogP contribution in [0.5, 0.6) is 0 Å². The van der Waals surface area contributed by atoms with E-state index < -0.39 is 5.97 Å². The van der Waals surface area contributed by atoms with Crippen molar-refractivity contribution >= 4 is 17.6 Å². The van der Waals surface area contributed by atoms with E-state index in [0.717, 1.165) is 5.56 Å². The third-order valence-corrected chi connectivity index (χ3v) is 2.86. The van der Waals surface area contributed by atoms with Gasteiger partial charge in [-0.3, -0.25) is 9.59 Å². The number of hydrogen-bond donors (Lipinski definition) is 2. The van der Waals surface area contributed by atoms with Crippen LogP contribution in [0.3, 0.4) is 0 Å². The Morgan fingerprint density at radius 2 is 2.00 bits per heavy atom. The van der Waals surface area contributed by atoms with Crippen LogP contribution in [-0.2, 0) is 16.0 Å². The van der Waals surface area contributed by atoms with Gasteiger partial charge in [0.2, 0.25) is 5.91 Å². The van der Waals surface area contributed by atoms with Gasteiger partial charge in [0.15, 0.2) is 0 Å². The van der Waals surface area contributed by atoms with E-state index in [9.17, 15) is 14.0 Å². The summed E-state index contributed by atoms with van der Waals surface area (Å²) in [7, 11) is 0. The first-order valence-electron chi connectivity index (χ1n) is 6.18. The first kappa shape index (κ1) is 15.1. The molecule has 0 saturated carbocycles. The van der Waals surface area contributed by atoms with Crippen LogP contribution < -0.4 is 5.32 Å². The topological polar surface area (TPSA) is 66.4 Å². The van der Waals surface area contributed by atoms with Gasteiger partial charge in [-0.1, -0.05) is 0 Å². The number of aryl methyl sites for hydroxylation is 1. The molecule has 0 aliphatic carbocycles. The molecule has 0 fully saturated rings. The average Bonchev–Trinajstić information content (AvgIpc) is 2.29. The second-order valence-corrected chi connectivity index (χ2v) is 4.52. The number of anilines is 1. The van der Waals surface area contributed by atoms with E-state index >= 15 is 0 Å². The second-order valence-electron chi connectivity index (χ2n) is 4.52. The number of amides is 1. The van der Waals surface area contributed by atoms with Gasteiger partial charge < -0.3 is 10.4 Å². The lowest BCUT2D eigenvalue weighted by atomic mass is 10.0. The van der Waals surface area contributed by atoms with Crippen molar-refractivity contribution in [1.82, 2.24) is 0 Å². The maximum absolute atomic E-state index is 13.7. The molecule has 0 unspecified atom stereocenters. The summed E-state index contributed by atoms with van der Waals surface area (Å²) in [6, 6.07) is 3.03. The normalized spacial score (nSPS) is 10.3. The molecule has 0 heterocycles. The van der Waals surface area contributed by atoms with Crippen LogP contribution in [0.1, 0.15) is 37.3 Å².